The Labute approximate surface area is 90.3 Å². The van der Waals surface area contributed by atoms with Crippen LogP contribution in [0.25, 0.3) is 11.3 Å². The average Bonchev–Trinajstić information content (AvgIpc) is 2.64. The summed E-state index contributed by atoms with van der Waals surface area (Å²) in [6, 6.07) is 6.68. The fourth-order valence-electron chi connectivity index (χ4n) is 1.35. The lowest BCUT2D eigenvalue weighted by Gasteiger charge is -1.99. The summed E-state index contributed by atoms with van der Waals surface area (Å²) < 4.78 is 15.2. The maximum absolute atomic E-state index is 13.7. The normalized spacial score (nSPS) is 10.4. The Morgan fingerprint density at radius 1 is 1.56 bits per heavy atom. The van der Waals surface area contributed by atoms with Crippen molar-refractivity contribution in [3.63, 3.8) is 0 Å². The lowest BCUT2D eigenvalue weighted by Crippen LogP contribution is -1.95. The van der Waals surface area contributed by atoms with E-state index in [1.807, 2.05) is 0 Å². The van der Waals surface area contributed by atoms with E-state index in [9.17, 15) is 14.5 Å². The van der Waals surface area contributed by atoms with Gasteiger partial charge in [-0.3, -0.25) is 14.8 Å². The van der Waals surface area contributed by atoms with Crippen molar-refractivity contribution >= 4 is 5.69 Å². The second-order valence-electron chi connectivity index (χ2n) is 3.19. The number of rotatable bonds is 2. The molecular weight excluding hydrogens is 213 g/mol. The van der Waals surface area contributed by atoms with Gasteiger partial charge in [0, 0.05) is 30.9 Å². The van der Waals surface area contributed by atoms with Crippen LogP contribution < -0.4 is 0 Å². The molecule has 0 amide bonds. The van der Waals surface area contributed by atoms with Crippen molar-refractivity contribution in [3.8, 4) is 11.3 Å². The smallest absolute Gasteiger partial charge is 0.275 e. The third kappa shape index (κ3) is 1.65. The van der Waals surface area contributed by atoms with E-state index in [4.69, 9.17) is 0 Å². The van der Waals surface area contributed by atoms with Gasteiger partial charge in [-0.25, -0.2) is 0 Å². The molecular formula is C10H7FN3O2. The van der Waals surface area contributed by atoms with E-state index in [-0.39, 0.29) is 11.3 Å². The Morgan fingerprint density at radius 2 is 2.31 bits per heavy atom. The van der Waals surface area contributed by atoms with Crippen molar-refractivity contribution < 1.29 is 9.31 Å². The maximum Gasteiger partial charge on any atom is 0.305 e. The monoisotopic (exact) mass is 220 g/mol. The van der Waals surface area contributed by atoms with Crippen molar-refractivity contribution in [2.45, 2.75) is 0 Å². The topological polar surface area (TPSA) is 61.0 Å². The average molecular weight is 220 g/mol. The predicted molar refractivity (Wildman–Crippen MR) is 54.1 cm³/mol. The molecule has 2 rings (SSSR count). The maximum atomic E-state index is 13.7. The summed E-state index contributed by atoms with van der Waals surface area (Å²) in [6.45, 7) is 0. The second kappa shape index (κ2) is 3.73. The molecule has 6 heteroatoms. The van der Waals surface area contributed by atoms with Gasteiger partial charge >= 0.3 is 5.69 Å². The number of aromatic nitrogens is 2. The molecule has 2 aromatic rings. The minimum absolute atomic E-state index is 0.0785. The van der Waals surface area contributed by atoms with E-state index in [2.05, 4.69) is 11.2 Å². The summed E-state index contributed by atoms with van der Waals surface area (Å²) in [4.78, 5) is 9.78. The van der Waals surface area contributed by atoms with Gasteiger partial charge in [-0.05, 0) is 6.07 Å². The minimum Gasteiger partial charge on any atom is -0.275 e. The quantitative estimate of drug-likeness (QED) is 0.573. The molecule has 1 aromatic carbocycles. The zero-order valence-corrected chi connectivity index (χ0v) is 8.35. The van der Waals surface area contributed by atoms with Crippen LogP contribution >= 0.6 is 0 Å². The number of aryl methyl sites for hydroxylation is 1. The van der Waals surface area contributed by atoms with Gasteiger partial charge in [-0.1, -0.05) is 6.07 Å². The number of halogens is 1. The van der Waals surface area contributed by atoms with E-state index in [1.54, 1.807) is 7.05 Å². The Balaban J connectivity index is 2.58. The molecule has 0 saturated carbocycles. The molecule has 0 N–H and O–H groups in total. The lowest BCUT2D eigenvalue weighted by molar-refractivity contribution is -0.387. The summed E-state index contributed by atoms with van der Waals surface area (Å²) in [5.41, 5.74) is -0.227. The number of hydrogen-bond acceptors (Lipinski definition) is 3. The first-order chi connectivity index (χ1) is 7.59. The summed E-state index contributed by atoms with van der Waals surface area (Å²) in [7, 11) is 1.66. The van der Waals surface area contributed by atoms with Crippen molar-refractivity contribution in [1.29, 1.82) is 0 Å². The Morgan fingerprint density at radius 3 is 2.88 bits per heavy atom. The number of benzene rings is 1. The largest absolute Gasteiger partial charge is 0.305 e. The first-order valence-corrected chi connectivity index (χ1v) is 4.44. The van der Waals surface area contributed by atoms with Crippen molar-refractivity contribution in [2.24, 2.45) is 7.05 Å². The fourth-order valence-corrected chi connectivity index (χ4v) is 1.35. The van der Waals surface area contributed by atoms with Crippen LogP contribution in [0.2, 0.25) is 0 Å². The third-order valence-electron chi connectivity index (χ3n) is 2.08. The van der Waals surface area contributed by atoms with E-state index >= 15 is 0 Å². The van der Waals surface area contributed by atoms with E-state index in [0.29, 0.717) is 0 Å². The van der Waals surface area contributed by atoms with E-state index in [0.717, 1.165) is 6.07 Å². The molecule has 0 atom stereocenters. The van der Waals surface area contributed by atoms with Crippen LogP contribution in [0.4, 0.5) is 10.1 Å². The summed E-state index contributed by atoms with van der Waals surface area (Å²) in [5.74, 6) is -0.887. The first kappa shape index (κ1) is 10.3. The molecule has 1 aromatic heterocycles. The highest BCUT2D eigenvalue weighted by Gasteiger charge is 2.19. The van der Waals surface area contributed by atoms with Gasteiger partial charge in [0.15, 0.2) is 0 Å². The van der Waals surface area contributed by atoms with Gasteiger partial charge in [-0.2, -0.15) is 9.49 Å². The van der Waals surface area contributed by atoms with Gasteiger partial charge in [0.2, 0.25) is 5.82 Å². The highest BCUT2D eigenvalue weighted by atomic mass is 19.1. The highest BCUT2D eigenvalue weighted by Crippen LogP contribution is 2.27. The zero-order valence-electron chi connectivity index (χ0n) is 8.35. The van der Waals surface area contributed by atoms with Crippen LogP contribution in [-0.2, 0) is 7.05 Å². The van der Waals surface area contributed by atoms with Gasteiger partial charge < -0.3 is 0 Å². The standard InChI is InChI=1S/C10H7FN3O2/c1-13-6-5-8(12-13)7-3-2-4-9(10(7)11)14(15)16/h2-4,6H,1H3. The van der Waals surface area contributed by atoms with Crippen molar-refractivity contribution in [2.75, 3.05) is 0 Å². The minimum atomic E-state index is -0.887. The van der Waals surface area contributed by atoms with Crippen LogP contribution in [0.5, 0.6) is 0 Å². The van der Waals surface area contributed by atoms with Crippen LogP contribution in [0.3, 0.4) is 0 Å². The first-order valence-electron chi connectivity index (χ1n) is 4.44. The Hall–Kier alpha value is -2.24. The highest BCUT2D eigenvalue weighted by molar-refractivity contribution is 5.62. The van der Waals surface area contributed by atoms with Crippen LogP contribution in [0, 0.1) is 22.0 Å². The summed E-state index contributed by atoms with van der Waals surface area (Å²) in [5, 5.41) is 14.5. The Bertz CT molecular complexity index is 551. The molecule has 5 nitrogen and oxygen atoms in total. The van der Waals surface area contributed by atoms with Gasteiger partial charge in [0.05, 0.1) is 4.92 Å². The lowest BCUT2D eigenvalue weighted by atomic mass is 10.1. The van der Waals surface area contributed by atoms with Crippen LogP contribution in [0.1, 0.15) is 0 Å². The molecule has 0 aliphatic rings. The third-order valence-corrected chi connectivity index (χ3v) is 2.08. The van der Waals surface area contributed by atoms with Gasteiger partial charge in [0.1, 0.15) is 5.69 Å². The Kier molecular flexibility index (Phi) is 2.40. The molecule has 16 heavy (non-hydrogen) atoms. The summed E-state index contributed by atoms with van der Waals surface area (Å²) in [6.07, 6.45) is 1.52. The number of nitrogens with zero attached hydrogens (tertiary/aromatic N) is 3. The van der Waals surface area contributed by atoms with Crippen molar-refractivity contribution in [3.05, 3.63) is 46.4 Å². The molecule has 0 saturated heterocycles. The zero-order chi connectivity index (χ0) is 11.7. The molecule has 0 aliphatic heterocycles. The van der Waals surface area contributed by atoms with Crippen molar-refractivity contribution in [1.82, 2.24) is 9.78 Å². The molecule has 1 radical (unpaired) electrons. The van der Waals surface area contributed by atoms with Gasteiger partial charge in [-0.15, -0.1) is 0 Å². The fraction of sp³-hybridized carbons (Fsp3) is 0.100. The molecule has 0 fully saturated rings. The van der Waals surface area contributed by atoms with Crippen LogP contribution in [-0.4, -0.2) is 14.7 Å². The number of nitro groups is 1. The molecule has 0 spiro atoms. The number of nitro benzene ring substituents is 1. The van der Waals surface area contributed by atoms with Crippen LogP contribution in [0.15, 0.2) is 24.4 Å². The van der Waals surface area contributed by atoms with E-state index < -0.39 is 16.4 Å². The number of hydrogen-bond donors (Lipinski definition) is 0. The van der Waals surface area contributed by atoms with E-state index in [1.165, 1.54) is 23.0 Å². The molecule has 0 bridgehead atoms. The molecule has 81 valence electrons. The summed E-state index contributed by atoms with van der Waals surface area (Å²) >= 11 is 0. The van der Waals surface area contributed by atoms with Gasteiger partial charge in [0.25, 0.3) is 0 Å². The SMILES string of the molecule is Cn1c[c]c(-c2cccc([N+](=O)[O-])c2F)n1. The molecule has 0 unspecified atom stereocenters. The predicted octanol–water partition coefficient (Wildman–Crippen LogP) is 1.93. The second-order valence-corrected chi connectivity index (χ2v) is 3.19. The molecule has 1 heterocycles. The molecule has 0 aliphatic carbocycles.